The number of benzene rings is 1. The van der Waals surface area contributed by atoms with Crippen LogP contribution in [0.3, 0.4) is 0 Å². The maximum atomic E-state index is 6.09. The van der Waals surface area contributed by atoms with E-state index in [9.17, 15) is 0 Å². The highest BCUT2D eigenvalue weighted by Crippen LogP contribution is 2.28. The first-order valence-electron chi connectivity index (χ1n) is 6.12. The highest BCUT2D eigenvalue weighted by molar-refractivity contribution is 5.88. The number of hydrogen-bond donors (Lipinski definition) is 2. The zero-order chi connectivity index (χ0) is 13.4. The molecule has 0 bridgehead atoms. The van der Waals surface area contributed by atoms with Gasteiger partial charge < -0.3 is 15.1 Å². The van der Waals surface area contributed by atoms with Crippen LogP contribution in [0.2, 0.25) is 0 Å². The molecule has 0 radical (unpaired) electrons. The molecule has 0 spiro atoms. The molecule has 2 heterocycles. The van der Waals surface area contributed by atoms with Gasteiger partial charge in [-0.3, -0.25) is 5.10 Å². The summed E-state index contributed by atoms with van der Waals surface area (Å²) in [6.07, 6.45) is 1.77. The van der Waals surface area contributed by atoms with Crippen LogP contribution < -0.4 is 10.6 Å². The maximum absolute atomic E-state index is 6.09. The number of H-pyrrole nitrogens is 1. The summed E-state index contributed by atoms with van der Waals surface area (Å²) in [5, 5.41) is 7.98. The van der Waals surface area contributed by atoms with Crippen LogP contribution in [0.15, 0.2) is 34.9 Å². The van der Waals surface area contributed by atoms with Gasteiger partial charge in [0.15, 0.2) is 0 Å². The molecule has 1 aromatic carbocycles. The molecule has 3 aromatic rings. The van der Waals surface area contributed by atoms with E-state index in [1.165, 1.54) is 0 Å². The molecule has 5 heteroatoms. The fourth-order valence-electron chi connectivity index (χ4n) is 2.22. The van der Waals surface area contributed by atoms with Crippen molar-refractivity contribution in [3.63, 3.8) is 0 Å². The summed E-state index contributed by atoms with van der Waals surface area (Å²) in [5.41, 5.74) is 8.77. The summed E-state index contributed by atoms with van der Waals surface area (Å²) < 4.78 is 5.59. The zero-order valence-electron chi connectivity index (χ0n) is 11.0. The summed E-state index contributed by atoms with van der Waals surface area (Å²) in [4.78, 5) is 2.06. The van der Waals surface area contributed by atoms with E-state index in [0.717, 1.165) is 33.8 Å². The zero-order valence-corrected chi connectivity index (χ0v) is 11.0. The lowest BCUT2D eigenvalue weighted by Gasteiger charge is -2.20. The van der Waals surface area contributed by atoms with E-state index in [0.29, 0.717) is 6.54 Å². The second-order valence-corrected chi connectivity index (χ2v) is 4.74. The number of nitrogen functional groups attached to an aromatic ring is 1. The first-order chi connectivity index (χ1) is 9.13. The van der Waals surface area contributed by atoms with E-state index in [4.69, 9.17) is 10.2 Å². The third kappa shape index (κ3) is 2.14. The standard InChI is InChI=1S/C14H16N4O/c1-9-3-4-11(19-9)8-18(2)14-6-13-10(5-12(14)15)7-16-17-13/h3-7H,8,15H2,1-2H3,(H,16,17). The van der Waals surface area contributed by atoms with Gasteiger partial charge in [0.25, 0.3) is 0 Å². The molecule has 0 unspecified atom stereocenters. The molecule has 0 saturated heterocycles. The van der Waals surface area contributed by atoms with E-state index in [1.54, 1.807) is 6.20 Å². The van der Waals surface area contributed by atoms with Gasteiger partial charge in [-0.15, -0.1) is 0 Å². The largest absolute Gasteiger partial charge is 0.464 e. The van der Waals surface area contributed by atoms with Gasteiger partial charge in [-0.25, -0.2) is 0 Å². The monoisotopic (exact) mass is 256 g/mol. The second kappa shape index (κ2) is 4.35. The van der Waals surface area contributed by atoms with Crippen molar-refractivity contribution in [3.8, 4) is 0 Å². The lowest BCUT2D eigenvalue weighted by atomic mass is 10.2. The van der Waals surface area contributed by atoms with Crippen molar-refractivity contribution < 1.29 is 4.42 Å². The number of aryl methyl sites for hydroxylation is 1. The van der Waals surface area contributed by atoms with Crippen LogP contribution in [0.4, 0.5) is 11.4 Å². The van der Waals surface area contributed by atoms with Crippen molar-refractivity contribution in [1.29, 1.82) is 0 Å². The van der Waals surface area contributed by atoms with Crippen LogP contribution in [-0.4, -0.2) is 17.2 Å². The molecule has 0 amide bonds. The number of fused-ring (bicyclic) bond motifs is 1. The van der Waals surface area contributed by atoms with E-state index in [2.05, 4.69) is 15.1 Å². The predicted molar refractivity (Wildman–Crippen MR) is 76.1 cm³/mol. The molecular weight excluding hydrogens is 240 g/mol. The fourth-order valence-corrected chi connectivity index (χ4v) is 2.22. The summed E-state index contributed by atoms with van der Waals surface area (Å²) in [5.74, 6) is 1.84. The highest BCUT2D eigenvalue weighted by Gasteiger charge is 2.10. The number of nitrogens with zero attached hydrogens (tertiary/aromatic N) is 2. The van der Waals surface area contributed by atoms with E-state index < -0.39 is 0 Å². The molecule has 3 rings (SSSR count). The Morgan fingerprint density at radius 3 is 2.95 bits per heavy atom. The molecule has 3 N–H and O–H groups in total. The smallest absolute Gasteiger partial charge is 0.123 e. The molecule has 0 atom stereocenters. The lowest BCUT2D eigenvalue weighted by molar-refractivity contribution is 0.482. The molecule has 2 aromatic heterocycles. The molecular formula is C14H16N4O. The molecule has 98 valence electrons. The van der Waals surface area contributed by atoms with Crippen molar-refractivity contribution in [2.24, 2.45) is 0 Å². The Morgan fingerprint density at radius 1 is 1.37 bits per heavy atom. The Morgan fingerprint density at radius 2 is 2.21 bits per heavy atom. The minimum atomic E-state index is 0.678. The average Bonchev–Trinajstić information content (AvgIpc) is 2.96. The van der Waals surface area contributed by atoms with E-state index in [-0.39, 0.29) is 0 Å². The SMILES string of the molecule is Cc1ccc(CN(C)c2cc3[nH]ncc3cc2N)o1. The van der Waals surface area contributed by atoms with Crippen LogP contribution in [0, 0.1) is 6.92 Å². The molecule has 0 aliphatic rings. The summed E-state index contributed by atoms with van der Waals surface area (Å²) >= 11 is 0. The highest BCUT2D eigenvalue weighted by atomic mass is 16.3. The fraction of sp³-hybridized carbons (Fsp3) is 0.214. The molecule has 0 fully saturated rings. The van der Waals surface area contributed by atoms with Gasteiger partial charge in [0.2, 0.25) is 0 Å². The Bertz CT molecular complexity index is 713. The summed E-state index contributed by atoms with van der Waals surface area (Å²) in [7, 11) is 1.99. The van der Waals surface area contributed by atoms with Gasteiger partial charge in [0.05, 0.1) is 29.6 Å². The van der Waals surface area contributed by atoms with Crippen LogP contribution in [0.25, 0.3) is 10.9 Å². The Balaban J connectivity index is 1.91. The minimum Gasteiger partial charge on any atom is -0.464 e. The van der Waals surface area contributed by atoms with Gasteiger partial charge in [0.1, 0.15) is 11.5 Å². The minimum absolute atomic E-state index is 0.678. The van der Waals surface area contributed by atoms with Gasteiger partial charge >= 0.3 is 0 Å². The molecule has 0 aliphatic heterocycles. The lowest BCUT2D eigenvalue weighted by Crippen LogP contribution is -2.17. The van der Waals surface area contributed by atoms with Crippen LogP contribution >= 0.6 is 0 Å². The maximum Gasteiger partial charge on any atom is 0.123 e. The Hall–Kier alpha value is -2.43. The number of nitrogens with two attached hydrogens (primary N) is 1. The van der Waals surface area contributed by atoms with Gasteiger partial charge in [-0.1, -0.05) is 0 Å². The third-order valence-corrected chi connectivity index (χ3v) is 3.19. The van der Waals surface area contributed by atoms with Crippen molar-refractivity contribution in [2.45, 2.75) is 13.5 Å². The normalized spacial score (nSPS) is 11.1. The number of aromatic amines is 1. The van der Waals surface area contributed by atoms with Gasteiger partial charge in [0, 0.05) is 12.4 Å². The van der Waals surface area contributed by atoms with Crippen molar-refractivity contribution >= 4 is 22.3 Å². The molecule has 19 heavy (non-hydrogen) atoms. The topological polar surface area (TPSA) is 71.1 Å². The van der Waals surface area contributed by atoms with Crippen LogP contribution in [-0.2, 0) is 6.54 Å². The van der Waals surface area contributed by atoms with Gasteiger partial charge in [-0.05, 0) is 31.2 Å². The number of aromatic nitrogens is 2. The number of anilines is 2. The number of rotatable bonds is 3. The summed E-state index contributed by atoms with van der Waals surface area (Å²) in [6.45, 7) is 2.62. The van der Waals surface area contributed by atoms with Crippen LogP contribution in [0.1, 0.15) is 11.5 Å². The van der Waals surface area contributed by atoms with Crippen molar-refractivity contribution in [2.75, 3.05) is 17.7 Å². The van der Waals surface area contributed by atoms with Crippen molar-refractivity contribution in [3.05, 3.63) is 42.0 Å². The van der Waals surface area contributed by atoms with Crippen molar-refractivity contribution in [1.82, 2.24) is 10.2 Å². The number of hydrogen-bond acceptors (Lipinski definition) is 4. The summed E-state index contributed by atoms with van der Waals surface area (Å²) in [6, 6.07) is 7.88. The molecule has 0 aliphatic carbocycles. The average molecular weight is 256 g/mol. The number of nitrogens with one attached hydrogen (secondary N) is 1. The molecule has 0 saturated carbocycles. The Kier molecular flexibility index (Phi) is 2.67. The quantitative estimate of drug-likeness (QED) is 0.707. The van der Waals surface area contributed by atoms with E-state index in [1.807, 2.05) is 38.2 Å². The number of furan rings is 1. The van der Waals surface area contributed by atoms with Crippen LogP contribution in [0.5, 0.6) is 0 Å². The van der Waals surface area contributed by atoms with E-state index >= 15 is 0 Å². The molecule has 5 nitrogen and oxygen atoms in total. The Labute approximate surface area is 111 Å². The van der Waals surface area contributed by atoms with Gasteiger partial charge in [-0.2, -0.15) is 5.10 Å². The predicted octanol–water partition coefficient (Wildman–Crippen LogP) is 2.68. The third-order valence-electron chi connectivity index (χ3n) is 3.19. The first kappa shape index (κ1) is 11.6. The second-order valence-electron chi connectivity index (χ2n) is 4.74. The first-order valence-corrected chi connectivity index (χ1v) is 6.12.